The van der Waals surface area contributed by atoms with Crippen LogP contribution in [0.2, 0.25) is 0 Å². The van der Waals surface area contributed by atoms with Crippen molar-refractivity contribution in [3.63, 3.8) is 0 Å². The van der Waals surface area contributed by atoms with Gasteiger partial charge in [0.2, 0.25) is 11.8 Å². The number of rotatable bonds is 9. The van der Waals surface area contributed by atoms with Crippen LogP contribution in [0, 0.1) is 18.3 Å². The number of carbonyl (C=O) groups excluding carboxylic acids is 3. The monoisotopic (exact) mass is 469 g/mol. The summed E-state index contributed by atoms with van der Waals surface area (Å²) in [6, 6.07) is 8.62. The highest BCUT2D eigenvalue weighted by atomic mass is 16.5. The van der Waals surface area contributed by atoms with Crippen LogP contribution in [0.5, 0.6) is 0 Å². The molecule has 184 valence electrons. The third-order valence-corrected chi connectivity index (χ3v) is 6.49. The first-order valence-electron chi connectivity index (χ1n) is 11.8. The molecule has 2 heterocycles. The molecule has 1 aromatic rings. The van der Waals surface area contributed by atoms with E-state index in [0.29, 0.717) is 26.1 Å². The molecule has 0 spiro atoms. The van der Waals surface area contributed by atoms with Gasteiger partial charge in [0.15, 0.2) is 0 Å². The minimum absolute atomic E-state index is 0.0522. The molecule has 2 aliphatic heterocycles. The molecule has 1 unspecified atom stereocenters. The highest BCUT2D eigenvalue weighted by molar-refractivity contribution is 5.91. The number of hydrogen-bond acceptors (Lipinski definition) is 5. The molecular weight excluding hydrogens is 434 g/mol. The average molecular weight is 470 g/mol. The van der Waals surface area contributed by atoms with Gasteiger partial charge in [0.25, 0.3) is 0 Å². The van der Waals surface area contributed by atoms with Crippen molar-refractivity contribution in [2.45, 2.75) is 45.4 Å². The zero-order chi connectivity index (χ0) is 24.7. The van der Waals surface area contributed by atoms with Gasteiger partial charge in [-0.3, -0.25) is 9.59 Å². The first-order chi connectivity index (χ1) is 16.4. The second-order valence-electron chi connectivity index (χ2n) is 8.76. The molecule has 9 nitrogen and oxygen atoms in total. The molecule has 1 aromatic carbocycles. The molecule has 34 heavy (non-hydrogen) atoms. The summed E-state index contributed by atoms with van der Waals surface area (Å²) in [6.45, 7) is 5.61. The standard InChI is InChI=1S/C25H35N5O4/c1-5-13-28-18-22(31)29-21(30(28)25(33)26-16-20-11-8-7-9-12-20)17-27(14-10-15-34-4)24(32)23(29)19(3)6-2/h1,7-9,11-12,19,21,23H,6,10,13-18H2,2-4H3,(H,26,33)/t19?,21-,23-/m0/s1. The second kappa shape index (κ2) is 11.9. The Morgan fingerprint density at radius 1 is 1.29 bits per heavy atom. The van der Waals surface area contributed by atoms with Gasteiger partial charge in [0, 0.05) is 26.8 Å². The summed E-state index contributed by atoms with van der Waals surface area (Å²) >= 11 is 0. The molecular formula is C25H35N5O4. The van der Waals surface area contributed by atoms with Gasteiger partial charge in [0.1, 0.15) is 12.2 Å². The Hall–Kier alpha value is -3.09. The normalized spacial score (nSPS) is 21.8. The maximum Gasteiger partial charge on any atom is 0.334 e. The van der Waals surface area contributed by atoms with Crippen molar-refractivity contribution >= 4 is 17.8 Å². The predicted octanol–water partition coefficient (Wildman–Crippen LogP) is 1.51. The average Bonchev–Trinajstić information content (AvgIpc) is 2.84. The lowest BCUT2D eigenvalue weighted by atomic mass is 9.92. The molecule has 0 aromatic heterocycles. The van der Waals surface area contributed by atoms with Crippen LogP contribution in [0.15, 0.2) is 30.3 Å². The summed E-state index contributed by atoms with van der Waals surface area (Å²) in [4.78, 5) is 43.5. The highest BCUT2D eigenvalue weighted by Crippen LogP contribution is 2.30. The number of ether oxygens (including phenoxy) is 1. The summed E-state index contributed by atoms with van der Waals surface area (Å²) in [6.07, 6.45) is 6.34. The van der Waals surface area contributed by atoms with E-state index in [9.17, 15) is 14.4 Å². The number of methoxy groups -OCH3 is 1. The van der Waals surface area contributed by atoms with Crippen molar-refractivity contribution < 1.29 is 19.1 Å². The van der Waals surface area contributed by atoms with Crippen LogP contribution < -0.4 is 5.32 Å². The Morgan fingerprint density at radius 2 is 2.03 bits per heavy atom. The van der Waals surface area contributed by atoms with E-state index in [-0.39, 0.29) is 43.4 Å². The maximum absolute atomic E-state index is 13.5. The highest BCUT2D eigenvalue weighted by Gasteiger charge is 2.52. The summed E-state index contributed by atoms with van der Waals surface area (Å²) in [7, 11) is 1.62. The topological polar surface area (TPSA) is 85.4 Å². The first-order valence-corrected chi connectivity index (χ1v) is 11.8. The number of nitrogens with zero attached hydrogens (tertiary/aromatic N) is 4. The van der Waals surface area contributed by atoms with Crippen LogP contribution in [-0.2, 0) is 20.9 Å². The number of carbonyl (C=O) groups is 3. The summed E-state index contributed by atoms with van der Waals surface area (Å²) in [5, 5.41) is 6.09. The number of hydrogen-bond donors (Lipinski definition) is 1. The number of nitrogens with one attached hydrogen (secondary N) is 1. The SMILES string of the molecule is C#CCN1CC(=O)N2[C@@H](C(C)CC)C(=O)N(CCCOC)C[C@@H]2N1C(=O)NCc1ccccc1. The molecule has 4 amide bonds. The summed E-state index contributed by atoms with van der Waals surface area (Å²) in [5.74, 6) is 2.23. The Kier molecular flexibility index (Phi) is 8.91. The minimum atomic E-state index is -0.635. The molecule has 0 radical (unpaired) electrons. The number of fused-ring (bicyclic) bond motifs is 1. The van der Waals surface area contributed by atoms with E-state index in [4.69, 9.17) is 11.2 Å². The smallest absolute Gasteiger partial charge is 0.334 e. The number of hydrazine groups is 1. The van der Waals surface area contributed by atoms with Gasteiger partial charge in [-0.05, 0) is 17.9 Å². The Balaban J connectivity index is 1.91. The number of piperazine rings is 1. The van der Waals surface area contributed by atoms with Crippen molar-refractivity contribution in [3.8, 4) is 12.3 Å². The largest absolute Gasteiger partial charge is 0.385 e. The van der Waals surface area contributed by atoms with Crippen LogP contribution in [0.4, 0.5) is 4.79 Å². The second-order valence-corrected chi connectivity index (χ2v) is 8.76. The van der Waals surface area contributed by atoms with Crippen LogP contribution in [-0.4, -0.2) is 89.8 Å². The fourth-order valence-corrected chi connectivity index (χ4v) is 4.58. The molecule has 0 aliphatic carbocycles. The van der Waals surface area contributed by atoms with Crippen molar-refractivity contribution in [1.29, 1.82) is 0 Å². The van der Waals surface area contributed by atoms with Gasteiger partial charge in [0.05, 0.1) is 19.6 Å². The zero-order valence-electron chi connectivity index (χ0n) is 20.3. The summed E-state index contributed by atoms with van der Waals surface area (Å²) < 4.78 is 5.16. The Bertz CT molecular complexity index is 902. The lowest BCUT2D eigenvalue weighted by Gasteiger charge is -2.55. The number of urea groups is 1. The van der Waals surface area contributed by atoms with Gasteiger partial charge in [-0.25, -0.2) is 9.80 Å². The van der Waals surface area contributed by atoms with E-state index < -0.39 is 12.2 Å². The van der Waals surface area contributed by atoms with Gasteiger partial charge >= 0.3 is 6.03 Å². The van der Waals surface area contributed by atoms with Crippen molar-refractivity contribution in [2.24, 2.45) is 5.92 Å². The molecule has 3 atom stereocenters. The van der Waals surface area contributed by atoms with Crippen molar-refractivity contribution in [1.82, 2.24) is 25.1 Å². The molecule has 0 saturated carbocycles. The van der Waals surface area contributed by atoms with Crippen LogP contribution in [0.1, 0.15) is 32.3 Å². The van der Waals surface area contributed by atoms with E-state index >= 15 is 0 Å². The molecule has 3 rings (SSSR count). The Morgan fingerprint density at radius 3 is 2.68 bits per heavy atom. The van der Waals surface area contributed by atoms with E-state index in [1.165, 1.54) is 5.01 Å². The zero-order valence-corrected chi connectivity index (χ0v) is 20.3. The van der Waals surface area contributed by atoms with E-state index in [0.717, 1.165) is 12.0 Å². The minimum Gasteiger partial charge on any atom is -0.385 e. The molecule has 1 N–H and O–H groups in total. The first kappa shape index (κ1) is 25.5. The van der Waals surface area contributed by atoms with E-state index in [2.05, 4.69) is 11.2 Å². The molecule has 2 saturated heterocycles. The fraction of sp³-hybridized carbons (Fsp3) is 0.560. The third-order valence-electron chi connectivity index (χ3n) is 6.49. The molecule has 0 bridgehead atoms. The Labute approximate surface area is 202 Å². The van der Waals surface area contributed by atoms with Gasteiger partial charge in [-0.1, -0.05) is 56.5 Å². The number of amides is 4. The lowest BCUT2D eigenvalue weighted by Crippen LogP contribution is -2.77. The lowest BCUT2D eigenvalue weighted by molar-refractivity contribution is -0.192. The summed E-state index contributed by atoms with van der Waals surface area (Å²) in [5.41, 5.74) is 0.960. The van der Waals surface area contributed by atoms with Gasteiger partial charge < -0.3 is 19.9 Å². The van der Waals surface area contributed by atoms with E-state index in [1.807, 2.05) is 44.2 Å². The van der Waals surface area contributed by atoms with Crippen molar-refractivity contribution in [3.05, 3.63) is 35.9 Å². The van der Waals surface area contributed by atoms with Crippen LogP contribution >= 0.6 is 0 Å². The van der Waals surface area contributed by atoms with Gasteiger partial charge in [-0.2, -0.15) is 5.01 Å². The van der Waals surface area contributed by atoms with E-state index in [1.54, 1.807) is 21.9 Å². The molecule has 2 fully saturated rings. The molecule has 2 aliphatic rings. The fourth-order valence-electron chi connectivity index (χ4n) is 4.58. The number of benzene rings is 1. The van der Waals surface area contributed by atoms with Gasteiger partial charge in [-0.15, -0.1) is 6.42 Å². The van der Waals surface area contributed by atoms with Crippen molar-refractivity contribution in [2.75, 3.05) is 39.9 Å². The number of terminal acetylenes is 1. The maximum atomic E-state index is 13.5. The molecule has 9 heteroatoms. The van der Waals surface area contributed by atoms with Crippen LogP contribution in [0.25, 0.3) is 0 Å². The predicted molar refractivity (Wildman–Crippen MR) is 128 cm³/mol. The third kappa shape index (κ3) is 5.51. The van der Waals surface area contributed by atoms with Crippen LogP contribution in [0.3, 0.4) is 0 Å². The quantitative estimate of drug-likeness (QED) is 0.438.